The third-order valence-electron chi connectivity index (χ3n) is 6.86. The Kier molecular flexibility index (Phi) is 10.2. The third-order valence-corrected chi connectivity index (χ3v) is 6.86. The van der Waals surface area contributed by atoms with Crippen LogP contribution < -0.4 is 10.6 Å². The van der Waals surface area contributed by atoms with Crippen LogP contribution in [0, 0.1) is 6.92 Å². The molecule has 2 heterocycles. The lowest BCUT2D eigenvalue weighted by Gasteiger charge is -2.33. The molecule has 0 unspecified atom stereocenters. The van der Waals surface area contributed by atoms with Gasteiger partial charge in [0.15, 0.2) is 5.96 Å². The predicted molar refractivity (Wildman–Crippen MR) is 149 cm³/mol. The fourth-order valence-corrected chi connectivity index (χ4v) is 4.77. The number of nitrogens with zero attached hydrogens (tertiary/aromatic N) is 3. The van der Waals surface area contributed by atoms with Crippen molar-refractivity contribution < 1.29 is 4.79 Å². The molecule has 0 radical (unpaired) electrons. The first kappa shape index (κ1) is 26.5. The molecule has 2 N–H and O–H groups in total. The summed E-state index contributed by atoms with van der Waals surface area (Å²) in [4.78, 5) is 21.5. The largest absolute Gasteiger partial charge is 0.356 e. The van der Waals surface area contributed by atoms with E-state index in [1.807, 2.05) is 24.1 Å². The van der Waals surface area contributed by atoms with Crippen LogP contribution in [0.4, 0.5) is 0 Å². The molecule has 1 amide bonds. The molecule has 0 aromatic heterocycles. The molecule has 184 valence electrons. The molecule has 0 atom stereocenters. The molecule has 0 bridgehead atoms. The molecule has 2 aromatic carbocycles. The summed E-state index contributed by atoms with van der Waals surface area (Å²) < 4.78 is 0. The van der Waals surface area contributed by atoms with Crippen LogP contribution in [0.2, 0.25) is 0 Å². The number of nitrogens with one attached hydrogen (secondary N) is 2. The van der Waals surface area contributed by atoms with E-state index in [2.05, 4.69) is 63.8 Å². The molecular weight excluding hydrogens is 537 g/mol. The number of amides is 1. The van der Waals surface area contributed by atoms with Gasteiger partial charge in [-0.1, -0.05) is 48.5 Å². The fourth-order valence-electron chi connectivity index (χ4n) is 4.77. The Bertz CT molecular complexity index is 946. The summed E-state index contributed by atoms with van der Waals surface area (Å²) in [5, 5.41) is 6.97. The summed E-state index contributed by atoms with van der Waals surface area (Å²) in [6.07, 6.45) is 3.59. The lowest BCUT2D eigenvalue weighted by atomic mass is 10.0. The summed E-state index contributed by atoms with van der Waals surface area (Å²) in [7, 11) is 1.81. The number of benzene rings is 2. The Morgan fingerprint density at radius 2 is 1.68 bits per heavy atom. The standard InChI is InChI=1S/C27H37N5O.HI/c1-21-8-3-4-9-22(21)18-31-16-13-25(14-17-31)30-27(28-2)29-15-7-12-26(33)32-19-23-10-5-6-11-24(23)20-32;/h3-6,8-11,25H,7,12-20H2,1-2H3,(H2,28,29,30);1H. The van der Waals surface area contributed by atoms with Crippen LogP contribution in [0.25, 0.3) is 0 Å². The van der Waals surface area contributed by atoms with Crippen LogP contribution in [0.1, 0.15) is 47.9 Å². The second-order valence-electron chi connectivity index (χ2n) is 9.24. The van der Waals surface area contributed by atoms with Crippen molar-refractivity contribution in [3.05, 3.63) is 70.8 Å². The lowest BCUT2D eigenvalue weighted by Crippen LogP contribution is -2.48. The number of hydrogen-bond acceptors (Lipinski definition) is 3. The van der Waals surface area contributed by atoms with Crippen LogP contribution >= 0.6 is 24.0 Å². The Morgan fingerprint density at radius 1 is 1.03 bits per heavy atom. The number of aryl methyl sites for hydroxylation is 1. The van der Waals surface area contributed by atoms with Gasteiger partial charge in [0.2, 0.25) is 5.91 Å². The van der Waals surface area contributed by atoms with Gasteiger partial charge < -0.3 is 15.5 Å². The highest BCUT2D eigenvalue weighted by molar-refractivity contribution is 14.0. The monoisotopic (exact) mass is 575 g/mol. The van der Waals surface area contributed by atoms with E-state index in [4.69, 9.17) is 0 Å². The maximum absolute atomic E-state index is 12.6. The average molecular weight is 576 g/mol. The Morgan fingerprint density at radius 3 is 2.32 bits per heavy atom. The van der Waals surface area contributed by atoms with Gasteiger partial charge in [0.1, 0.15) is 0 Å². The van der Waals surface area contributed by atoms with Gasteiger partial charge >= 0.3 is 0 Å². The molecule has 1 saturated heterocycles. The number of rotatable bonds is 7. The van der Waals surface area contributed by atoms with Gasteiger partial charge in [-0.3, -0.25) is 14.7 Å². The topological polar surface area (TPSA) is 60.0 Å². The smallest absolute Gasteiger partial charge is 0.223 e. The van der Waals surface area contributed by atoms with Crippen molar-refractivity contribution in [3.8, 4) is 0 Å². The second kappa shape index (κ2) is 13.1. The Balaban J connectivity index is 0.00000324. The van der Waals surface area contributed by atoms with Crippen molar-refractivity contribution >= 4 is 35.8 Å². The third kappa shape index (κ3) is 7.18. The van der Waals surface area contributed by atoms with Crippen molar-refractivity contribution in [1.29, 1.82) is 0 Å². The van der Waals surface area contributed by atoms with E-state index in [0.717, 1.165) is 64.5 Å². The first-order valence-electron chi connectivity index (χ1n) is 12.2. The Hall–Kier alpha value is -2.13. The van der Waals surface area contributed by atoms with Crippen molar-refractivity contribution in [3.63, 3.8) is 0 Å². The van der Waals surface area contributed by atoms with Gasteiger partial charge in [0, 0.05) is 58.8 Å². The number of halogens is 1. The summed E-state index contributed by atoms with van der Waals surface area (Å²) >= 11 is 0. The zero-order valence-electron chi connectivity index (χ0n) is 20.4. The number of carbonyl (C=O) groups excluding carboxylic acids is 1. The normalized spacial score (nSPS) is 16.6. The molecule has 2 aliphatic heterocycles. The second-order valence-corrected chi connectivity index (χ2v) is 9.24. The van der Waals surface area contributed by atoms with E-state index in [1.165, 1.54) is 22.3 Å². The molecule has 0 aliphatic carbocycles. The molecule has 4 rings (SSSR count). The van der Waals surface area contributed by atoms with Gasteiger partial charge in [-0.05, 0) is 48.4 Å². The van der Waals surface area contributed by atoms with E-state index >= 15 is 0 Å². The molecule has 2 aliphatic rings. The molecule has 0 spiro atoms. The van der Waals surface area contributed by atoms with Crippen molar-refractivity contribution in [1.82, 2.24) is 20.4 Å². The highest BCUT2D eigenvalue weighted by Crippen LogP contribution is 2.23. The highest BCUT2D eigenvalue weighted by Gasteiger charge is 2.23. The van der Waals surface area contributed by atoms with Crippen LogP contribution in [-0.2, 0) is 24.4 Å². The van der Waals surface area contributed by atoms with Gasteiger partial charge in [0.05, 0.1) is 0 Å². The summed E-state index contributed by atoms with van der Waals surface area (Å²) in [6.45, 7) is 7.64. The van der Waals surface area contributed by atoms with Crippen molar-refractivity contribution in [2.24, 2.45) is 4.99 Å². The minimum Gasteiger partial charge on any atom is -0.356 e. The van der Waals surface area contributed by atoms with Gasteiger partial charge in [0.25, 0.3) is 0 Å². The number of hydrogen-bond donors (Lipinski definition) is 2. The summed E-state index contributed by atoms with van der Waals surface area (Å²) in [6, 6.07) is 17.4. The van der Waals surface area contributed by atoms with Gasteiger partial charge in [-0.25, -0.2) is 0 Å². The first-order chi connectivity index (χ1) is 16.1. The highest BCUT2D eigenvalue weighted by atomic mass is 127. The van der Waals surface area contributed by atoms with Gasteiger partial charge in [-0.2, -0.15) is 0 Å². The predicted octanol–water partition coefficient (Wildman–Crippen LogP) is 4.07. The van der Waals surface area contributed by atoms with E-state index in [-0.39, 0.29) is 29.9 Å². The van der Waals surface area contributed by atoms with Crippen LogP contribution in [0.5, 0.6) is 0 Å². The van der Waals surface area contributed by atoms with Crippen molar-refractivity contribution in [2.45, 2.75) is 58.3 Å². The van der Waals surface area contributed by atoms with Crippen LogP contribution in [0.15, 0.2) is 53.5 Å². The van der Waals surface area contributed by atoms with E-state index in [0.29, 0.717) is 12.5 Å². The SMILES string of the molecule is CN=C(NCCCC(=O)N1Cc2ccccc2C1)NC1CCN(Cc2ccccc2C)CC1.I. The zero-order valence-corrected chi connectivity index (χ0v) is 22.8. The van der Waals surface area contributed by atoms with Crippen molar-refractivity contribution in [2.75, 3.05) is 26.7 Å². The summed E-state index contributed by atoms with van der Waals surface area (Å²) in [5.41, 5.74) is 5.35. The molecule has 0 saturated carbocycles. The maximum Gasteiger partial charge on any atom is 0.223 e. The lowest BCUT2D eigenvalue weighted by molar-refractivity contribution is -0.131. The number of guanidine groups is 1. The molecule has 7 heteroatoms. The number of aliphatic imine (C=N–C) groups is 1. The fraction of sp³-hybridized carbons (Fsp3) is 0.481. The van der Waals surface area contributed by atoms with E-state index < -0.39 is 0 Å². The summed E-state index contributed by atoms with van der Waals surface area (Å²) in [5.74, 6) is 1.07. The molecule has 34 heavy (non-hydrogen) atoms. The molecule has 2 aromatic rings. The maximum atomic E-state index is 12.6. The number of piperidine rings is 1. The minimum atomic E-state index is 0. The number of fused-ring (bicyclic) bond motifs is 1. The van der Waals surface area contributed by atoms with Crippen LogP contribution in [-0.4, -0.2) is 54.4 Å². The minimum absolute atomic E-state index is 0. The number of carbonyl (C=O) groups is 1. The molecular formula is C27H38IN5O. The zero-order chi connectivity index (χ0) is 23.0. The van der Waals surface area contributed by atoms with E-state index in [9.17, 15) is 4.79 Å². The molecule has 1 fully saturated rings. The van der Waals surface area contributed by atoms with E-state index in [1.54, 1.807) is 0 Å². The van der Waals surface area contributed by atoms with Gasteiger partial charge in [-0.15, -0.1) is 24.0 Å². The Labute approximate surface area is 221 Å². The van der Waals surface area contributed by atoms with Crippen LogP contribution in [0.3, 0.4) is 0 Å². The quantitative estimate of drug-likeness (QED) is 0.226. The number of likely N-dealkylation sites (tertiary alicyclic amines) is 1. The first-order valence-corrected chi connectivity index (χ1v) is 12.2. The molecule has 6 nitrogen and oxygen atoms in total. The average Bonchev–Trinajstić information content (AvgIpc) is 3.28.